The van der Waals surface area contributed by atoms with Crippen molar-refractivity contribution in [3.8, 4) is 6.07 Å². The van der Waals surface area contributed by atoms with Gasteiger partial charge in [-0.1, -0.05) is 0 Å². The average molecular weight is 295 g/mol. The van der Waals surface area contributed by atoms with Gasteiger partial charge in [-0.25, -0.2) is 8.42 Å². The average Bonchev–Trinajstić information content (AvgIpc) is 2.42. The van der Waals surface area contributed by atoms with Crippen molar-refractivity contribution < 1.29 is 13.2 Å². The summed E-state index contributed by atoms with van der Waals surface area (Å²) in [6, 6.07) is 7.76. The van der Waals surface area contributed by atoms with Crippen LogP contribution in [-0.4, -0.2) is 33.2 Å². The summed E-state index contributed by atoms with van der Waals surface area (Å²) in [6.45, 7) is 0.854. The Kier molecular flexibility index (Phi) is 6.15. The number of hydrogen-bond donors (Lipinski definition) is 2. The van der Waals surface area contributed by atoms with Gasteiger partial charge in [-0.2, -0.15) is 5.26 Å². The van der Waals surface area contributed by atoms with Crippen LogP contribution in [0, 0.1) is 11.3 Å². The zero-order chi connectivity index (χ0) is 15.0. The first-order valence-electron chi connectivity index (χ1n) is 6.17. The van der Waals surface area contributed by atoms with Crippen LogP contribution in [0.25, 0.3) is 0 Å². The fourth-order valence-electron chi connectivity index (χ4n) is 1.57. The normalized spacial score (nSPS) is 10.9. The van der Waals surface area contributed by atoms with Crippen molar-refractivity contribution >= 4 is 15.7 Å². The molecule has 0 saturated heterocycles. The zero-order valence-corrected chi connectivity index (χ0v) is 11.8. The molecule has 0 aliphatic carbocycles. The molecule has 0 unspecified atom stereocenters. The first-order valence-corrected chi connectivity index (χ1v) is 7.83. The number of nitrogens with zero attached hydrogens (tertiary/aromatic N) is 1. The van der Waals surface area contributed by atoms with Gasteiger partial charge in [-0.05, 0) is 37.2 Å². The van der Waals surface area contributed by atoms with Gasteiger partial charge in [-0.15, -0.1) is 0 Å². The molecule has 1 aromatic rings. The number of sulfone groups is 1. The van der Waals surface area contributed by atoms with Gasteiger partial charge in [0, 0.05) is 13.0 Å². The van der Waals surface area contributed by atoms with Gasteiger partial charge in [0.05, 0.1) is 22.3 Å². The smallest absolute Gasteiger partial charge is 0.217 e. The number of carbonyl (C=O) groups is 1. The summed E-state index contributed by atoms with van der Waals surface area (Å²) >= 11 is 0. The second-order valence-electron chi connectivity index (χ2n) is 4.27. The molecule has 0 saturated carbocycles. The van der Waals surface area contributed by atoms with Crippen LogP contribution in [0.4, 0.5) is 0 Å². The molecule has 0 bridgehead atoms. The van der Waals surface area contributed by atoms with E-state index in [-0.39, 0.29) is 23.0 Å². The molecular weight excluding hydrogens is 278 g/mol. The van der Waals surface area contributed by atoms with Crippen LogP contribution >= 0.6 is 0 Å². The van der Waals surface area contributed by atoms with Crippen LogP contribution in [0.15, 0.2) is 29.2 Å². The highest BCUT2D eigenvalue weighted by molar-refractivity contribution is 7.91. The lowest BCUT2D eigenvalue weighted by Crippen LogP contribution is -2.25. The Morgan fingerprint density at radius 3 is 2.45 bits per heavy atom. The van der Waals surface area contributed by atoms with Crippen LogP contribution in [0.5, 0.6) is 0 Å². The van der Waals surface area contributed by atoms with E-state index in [2.05, 4.69) is 5.32 Å². The number of benzene rings is 1. The molecule has 108 valence electrons. The Morgan fingerprint density at radius 1 is 1.25 bits per heavy atom. The van der Waals surface area contributed by atoms with E-state index in [9.17, 15) is 13.2 Å². The van der Waals surface area contributed by atoms with E-state index in [0.29, 0.717) is 25.1 Å². The minimum atomic E-state index is -3.35. The van der Waals surface area contributed by atoms with Crippen molar-refractivity contribution in [3.05, 3.63) is 29.8 Å². The van der Waals surface area contributed by atoms with Crippen molar-refractivity contribution in [2.45, 2.75) is 17.7 Å². The fourth-order valence-corrected chi connectivity index (χ4v) is 2.77. The van der Waals surface area contributed by atoms with E-state index in [1.807, 2.05) is 6.07 Å². The molecule has 0 aliphatic rings. The molecule has 0 radical (unpaired) electrons. The molecule has 1 rings (SSSR count). The molecule has 1 aromatic carbocycles. The first kappa shape index (κ1) is 16.1. The molecule has 0 spiro atoms. The molecule has 7 heteroatoms. The van der Waals surface area contributed by atoms with Crippen molar-refractivity contribution in [2.75, 3.05) is 18.8 Å². The topological polar surface area (TPSA) is 113 Å². The first-order chi connectivity index (χ1) is 9.45. The third-order valence-corrected chi connectivity index (χ3v) is 4.40. The molecular formula is C13H17N3O3S. The summed E-state index contributed by atoms with van der Waals surface area (Å²) in [4.78, 5) is 10.7. The third kappa shape index (κ3) is 5.38. The highest BCUT2D eigenvalue weighted by Crippen LogP contribution is 2.11. The van der Waals surface area contributed by atoms with Crippen molar-refractivity contribution in [2.24, 2.45) is 5.73 Å². The van der Waals surface area contributed by atoms with E-state index < -0.39 is 9.84 Å². The largest absolute Gasteiger partial charge is 0.370 e. The fraction of sp³-hybridized carbons (Fsp3) is 0.385. The maximum atomic E-state index is 12.0. The summed E-state index contributed by atoms with van der Waals surface area (Å²) in [5, 5.41) is 11.6. The Labute approximate surface area is 118 Å². The standard InChI is InChI=1S/C13H17N3O3S/c14-10-11-3-5-12(6-4-11)20(18,19)9-8-16-7-1-2-13(15)17/h3-6,16H,1-2,7-9H2,(H2,15,17). The summed E-state index contributed by atoms with van der Waals surface area (Å²) in [7, 11) is -3.35. The molecule has 3 N–H and O–H groups in total. The lowest BCUT2D eigenvalue weighted by atomic mass is 10.2. The number of nitrogens with one attached hydrogen (secondary N) is 1. The second-order valence-corrected chi connectivity index (χ2v) is 6.38. The summed E-state index contributed by atoms with van der Waals surface area (Å²) in [5.74, 6) is -0.396. The van der Waals surface area contributed by atoms with E-state index in [4.69, 9.17) is 11.0 Å². The van der Waals surface area contributed by atoms with Gasteiger partial charge in [0.2, 0.25) is 5.91 Å². The number of nitriles is 1. The SMILES string of the molecule is N#Cc1ccc(S(=O)(=O)CCNCCCC(N)=O)cc1. The molecule has 0 aliphatic heterocycles. The van der Waals surface area contributed by atoms with Gasteiger partial charge < -0.3 is 11.1 Å². The molecule has 0 aromatic heterocycles. The van der Waals surface area contributed by atoms with E-state index in [1.165, 1.54) is 24.3 Å². The molecule has 1 amide bonds. The minimum Gasteiger partial charge on any atom is -0.370 e. The molecule has 0 heterocycles. The maximum absolute atomic E-state index is 12.0. The molecule has 6 nitrogen and oxygen atoms in total. The highest BCUT2D eigenvalue weighted by atomic mass is 32.2. The number of amides is 1. The lowest BCUT2D eigenvalue weighted by Gasteiger charge is -2.06. The Hall–Kier alpha value is -1.91. The van der Waals surface area contributed by atoms with Gasteiger partial charge in [0.25, 0.3) is 0 Å². The summed E-state index contributed by atoms with van der Waals surface area (Å²) < 4.78 is 24.0. The second kappa shape index (κ2) is 7.62. The number of carbonyl (C=O) groups excluding carboxylic acids is 1. The Balaban J connectivity index is 2.41. The van der Waals surface area contributed by atoms with Gasteiger partial charge in [-0.3, -0.25) is 4.79 Å². The number of hydrogen-bond acceptors (Lipinski definition) is 5. The number of nitrogens with two attached hydrogens (primary N) is 1. The van der Waals surface area contributed by atoms with Crippen LogP contribution in [0.1, 0.15) is 18.4 Å². The van der Waals surface area contributed by atoms with E-state index in [0.717, 1.165) is 0 Å². The quantitative estimate of drug-likeness (QED) is 0.664. The van der Waals surface area contributed by atoms with Crippen LogP contribution < -0.4 is 11.1 Å². The zero-order valence-electron chi connectivity index (χ0n) is 11.0. The van der Waals surface area contributed by atoms with Crippen LogP contribution in [-0.2, 0) is 14.6 Å². The number of primary amides is 1. The monoisotopic (exact) mass is 295 g/mol. The van der Waals surface area contributed by atoms with E-state index >= 15 is 0 Å². The van der Waals surface area contributed by atoms with Gasteiger partial charge >= 0.3 is 0 Å². The Bertz CT molecular complexity index is 588. The predicted octanol–water partition coefficient (Wildman–Crippen LogP) is 0.187. The molecule has 0 atom stereocenters. The van der Waals surface area contributed by atoms with Crippen molar-refractivity contribution in [3.63, 3.8) is 0 Å². The van der Waals surface area contributed by atoms with Crippen LogP contribution in [0.3, 0.4) is 0 Å². The molecule has 20 heavy (non-hydrogen) atoms. The highest BCUT2D eigenvalue weighted by Gasteiger charge is 2.13. The summed E-state index contributed by atoms with van der Waals surface area (Å²) in [5.41, 5.74) is 5.42. The van der Waals surface area contributed by atoms with Crippen molar-refractivity contribution in [1.82, 2.24) is 5.32 Å². The lowest BCUT2D eigenvalue weighted by molar-refractivity contribution is -0.118. The third-order valence-electron chi connectivity index (χ3n) is 2.67. The maximum Gasteiger partial charge on any atom is 0.217 e. The van der Waals surface area contributed by atoms with Crippen LogP contribution in [0.2, 0.25) is 0 Å². The Morgan fingerprint density at radius 2 is 1.90 bits per heavy atom. The van der Waals surface area contributed by atoms with E-state index in [1.54, 1.807) is 0 Å². The number of rotatable bonds is 8. The van der Waals surface area contributed by atoms with Crippen molar-refractivity contribution in [1.29, 1.82) is 5.26 Å². The minimum absolute atomic E-state index is 0.0323. The molecule has 0 fully saturated rings. The summed E-state index contributed by atoms with van der Waals surface area (Å²) in [6.07, 6.45) is 0.877. The predicted molar refractivity (Wildman–Crippen MR) is 74.5 cm³/mol. The van der Waals surface area contributed by atoms with Gasteiger partial charge in [0.15, 0.2) is 9.84 Å². The van der Waals surface area contributed by atoms with Gasteiger partial charge in [0.1, 0.15) is 0 Å².